The first-order chi connectivity index (χ1) is 25.7. The number of hydrogen-bond acceptors (Lipinski definition) is 3. The Morgan fingerprint density at radius 3 is 0.635 bits per heavy atom. The summed E-state index contributed by atoms with van der Waals surface area (Å²) in [6.07, 6.45) is 57.9. The normalized spacial score (nSPS) is 12.0. The molecule has 0 aromatic rings. The van der Waals surface area contributed by atoms with Gasteiger partial charge in [-0.25, -0.2) is 0 Å². The topological polar surface area (TPSA) is 38.7 Å². The second kappa shape index (κ2) is 45.7. The second-order valence-electron chi connectivity index (χ2n) is 16.8. The molecular weight excluding hydrogens is 655 g/mol. The van der Waals surface area contributed by atoms with Crippen LogP contribution in [0.5, 0.6) is 0 Å². The summed E-state index contributed by atoms with van der Waals surface area (Å²) in [7, 11) is -2.73. The maximum Gasteiger partial charge on any atom is 0.408 e. The smallest absolute Gasteiger partial charge is 0.193 e. The molecule has 0 spiro atoms. The highest BCUT2D eigenvalue weighted by atomic mass is 31.2. The SMILES string of the molecule is CCCCCCCCCCCCCCCCO[P+](O)(CCCCCCCCCCCCCCCC)OCCCCCCCCCCCCCCCC. The van der Waals surface area contributed by atoms with E-state index in [-0.39, 0.29) is 0 Å². The Kier molecular flexibility index (Phi) is 46.0. The van der Waals surface area contributed by atoms with Crippen LogP contribution in [0.15, 0.2) is 0 Å². The molecule has 0 aliphatic rings. The second-order valence-corrected chi connectivity index (χ2v) is 19.1. The first kappa shape index (κ1) is 52.3. The van der Waals surface area contributed by atoms with Crippen LogP contribution in [-0.4, -0.2) is 24.3 Å². The van der Waals surface area contributed by atoms with Crippen LogP contribution in [0.1, 0.15) is 290 Å². The molecule has 0 fully saturated rings. The third-order valence-corrected chi connectivity index (χ3v) is 13.4. The molecule has 0 amide bonds. The monoisotopic (exact) mass is 756 g/mol. The average molecular weight is 756 g/mol. The van der Waals surface area contributed by atoms with Gasteiger partial charge in [-0.1, -0.05) is 265 Å². The maximum atomic E-state index is 11.5. The van der Waals surface area contributed by atoms with E-state index in [0.29, 0.717) is 13.2 Å². The number of hydrogen-bond donors (Lipinski definition) is 1. The van der Waals surface area contributed by atoms with Gasteiger partial charge >= 0.3 is 7.94 Å². The Balaban J connectivity index is 4.07. The highest BCUT2D eigenvalue weighted by Gasteiger charge is 2.39. The van der Waals surface area contributed by atoms with Crippen molar-refractivity contribution in [2.45, 2.75) is 290 Å². The minimum atomic E-state index is -2.73. The quantitative estimate of drug-likeness (QED) is 0.0496. The predicted molar refractivity (Wildman–Crippen MR) is 237 cm³/mol. The summed E-state index contributed by atoms with van der Waals surface area (Å²) in [6, 6.07) is 0. The van der Waals surface area contributed by atoms with E-state index in [0.717, 1.165) is 25.4 Å². The molecule has 0 heterocycles. The zero-order valence-electron chi connectivity index (χ0n) is 36.5. The van der Waals surface area contributed by atoms with Crippen LogP contribution >= 0.6 is 7.94 Å². The van der Waals surface area contributed by atoms with Gasteiger partial charge in [0.15, 0.2) is 0 Å². The van der Waals surface area contributed by atoms with Gasteiger partial charge in [-0.2, -0.15) is 13.9 Å². The summed E-state index contributed by atoms with van der Waals surface area (Å²) in [6.45, 7) is 8.23. The van der Waals surface area contributed by atoms with Crippen molar-refractivity contribution in [3.05, 3.63) is 0 Å². The Bertz CT molecular complexity index is 595. The molecular formula is C48H100O3P+. The molecule has 4 heteroatoms. The fourth-order valence-corrected chi connectivity index (χ4v) is 9.46. The van der Waals surface area contributed by atoms with Crippen molar-refractivity contribution >= 4 is 7.94 Å². The Hall–Kier alpha value is 0.310. The van der Waals surface area contributed by atoms with Gasteiger partial charge < -0.3 is 0 Å². The molecule has 0 unspecified atom stereocenters. The molecule has 0 atom stereocenters. The summed E-state index contributed by atoms with van der Waals surface area (Å²) in [5, 5.41) is 0. The molecule has 3 nitrogen and oxygen atoms in total. The molecule has 52 heavy (non-hydrogen) atoms. The lowest BCUT2D eigenvalue weighted by molar-refractivity contribution is 0.169. The van der Waals surface area contributed by atoms with Crippen LogP contribution in [0.4, 0.5) is 0 Å². The molecule has 0 aromatic heterocycles. The van der Waals surface area contributed by atoms with Gasteiger partial charge in [-0.05, 0) is 25.7 Å². The third-order valence-electron chi connectivity index (χ3n) is 11.4. The van der Waals surface area contributed by atoms with Crippen molar-refractivity contribution in [3.63, 3.8) is 0 Å². The molecule has 0 aromatic carbocycles. The Morgan fingerprint density at radius 1 is 0.250 bits per heavy atom. The fourth-order valence-electron chi connectivity index (χ4n) is 7.68. The van der Waals surface area contributed by atoms with E-state index in [4.69, 9.17) is 9.05 Å². The lowest BCUT2D eigenvalue weighted by Gasteiger charge is -2.17. The van der Waals surface area contributed by atoms with Gasteiger partial charge in [0, 0.05) is 0 Å². The van der Waals surface area contributed by atoms with Gasteiger partial charge in [0.1, 0.15) is 6.16 Å². The van der Waals surface area contributed by atoms with Crippen molar-refractivity contribution in [2.75, 3.05) is 19.4 Å². The van der Waals surface area contributed by atoms with Gasteiger partial charge in [-0.15, -0.1) is 0 Å². The van der Waals surface area contributed by atoms with E-state index in [2.05, 4.69) is 20.8 Å². The molecule has 314 valence electrons. The zero-order chi connectivity index (χ0) is 37.7. The molecule has 1 N–H and O–H groups in total. The highest BCUT2D eigenvalue weighted by Crippen LogP contribution is 2.58. The van der Waals surface area contributed by atoms with Crippen molar-refractivity contribution < 1.29 is 13.9 Å². The fraction of sp³-hybridized carbons (Fsp3) is 1.00. The molecule has 0 rings (SSSR count). The summed E-state index contributed by atoms with van der Waals surface area (Å²) in [4.78, 5) is 11.5. The summed E-state index contributed by atoms with van der Waals surface area (Å²) < 4.78 is 12.4. The van der Waals surface area contributed by atoms with Crippen molar-refractivity contribution in [1.82, 2.24) is 0 Å². The third kappa shape index (κ3) is 43.0. The summed E-state index contributed by atoms with van der Waals surface area (Å²) in [5.41, 5.74) is 0. The first-order valence-electron chi connectivity index (χ1n) is 24.6. The van der Waals surface area contributed by atoms with Crippen LogP contribution in [0.3, 0.4) is 0 Å². The lowest BCUT2D eigenvalue weighted by Crippen LogP contribution is -2.09. The molecule has 0 aliphatic heterocycles. The lowest BCUT2D eigenvalue weighted by atomic mass is 10.0. The van der Waals surface area contributed by atoms with Crippen LogP contribution in [0.2, 0.25) is 0 Å². The van der Waals surface area contributed by atoms with Crippen LogP contribution in [0, 0.1) is 0 Å². The summed E-state index contributed by atoms with van der Waals surface area (Å²) in [5.74, 6) is 0. The van der Waals surface area contributed by atoms with Crippen molar-refractivity contribution in [1.29, 1.82) is 0 Å². The van der Waals surface area contributed by atoms with E-state index < -0.39 is 7.94 Å². The van der Waals surface area contributed by atoms with Gasteiger partial charge in [0.2, 0.25) is 0 Å². The number of unbranched alkanes of at least 4 members (excludes halogenated alkanes) is 39. The van der Waals surface area contributed by atoms with E-state index >= 15 is 0 Å². The molecule has 0 saturated heterocycles. The molecule has 0 radical (unpaired) electrons. The van der Waals surface area contributed by atoms with Crippen molar-refractivity contribution in [3.8, 4) is 0 Å². The maximum absolute atomic E-state index is 11.5. The number of rotatable bonds is 47. The predicted octanol–water partition coefficient (Wildman–Crippen LogP) is 18.2. The Morgan fingerprint density at radius 2 is 0.423 bits per heavy atom. The standard InChI is InChI=1S/C48H100O3P/c1-4-7-10-13-16-19-22-25-28-31-34-37-40-43-46-50-52(49,48-45-42-39-36-33-30-27-24-21-18-15-12-9-6-3)51-47-44-41-38-35-32-29-26-23-20-17-14-11-8-5-2/h49H,4-48H2,1-3H3/q+1. The van der Waals surface area contributed by atoms with Crippen molar-refractivity contribution in [2.24, 2.45) is 0 Å². The van der Waals surface area contributed by atoms with Gasteiger partial charge in [-0.3, -0.25) is 0 Å². The minimum Gasteiger partial charge on any atom is -0.193 e. The highest BCUT2D eigenvalue weighted by molar-refractivity contribution is 7.60. The molecule has 0 bridgehead atoms. The van der Waals surface area contributed by atoms with Crippen LogP contribution in [0.25, 0.3) is 0 Å². The van der Waals surface area contributed by atoms with Crippen LogP contribution < -0.4 is 0 Å². The first-order valence-corrected chi connectivity index (χ1v) is 26.3. The zero-order valence-corrected chi connectivity index (χ0v) is 37.4. The summed E-state index contributed by atoms with van der Waals surface area (Å²) >= 11 is 0. The van der Waals surface area contributed by atoms with Gasteiger partial charge in [0.25, 0.3) is 0 Å². The van der Waals surface area contributed by atoms with E-state index in [1.54, 1.807) is 0 Å². The molecule has 0 saturated carbocycles. The van der Waals surface area contributed by atoms with Gasteiger partial charge in [0.05, 0.1) is 13.2 Å². The molecule has 0 aliphatic carbocycles. The minimum absolute atomic E-state index is 0.666. The van der Waals surface area contributed by atoms with E-state index in [1.165, 1.54) is 250 Å². The Labute approximate surface area is 330 Å². The van der Waals surface area contributed by atoms with Crippen LogP contribution in [-0.2, 0) is 9.05 Å². The average Bonchev–Trinajstić information content (AvgIpc) is 3.15. The van der Waals surface area contributed by atoms with E-state index in [1.807, 2.05) is 0 Å². The largest absolute Gasteiger partial charge is 0.408 e. The van der Waals surface area contributed by atoms with E-state index in [9.17, 15) is 4.89 Å².